The number of aromatic amines is 1. The zero-order valence-corrected chi connectivity index (χ0v) is 13.6. The van der Waals surface area contributed by atoms with Gasteiger partial charge in [-0.15, -0.1) is 0 Å². The van der Waals surface area contributed by atoms with Crippen molar-refractivity contribution in [1.82, 2.24) is 19.1 Å². The molecule has 2 aromatic heterocycles. The van der Waals surface area contributed by atoms with Crippen LogP contribution in [0.3, 0.4) is 0 Å². The molecule has 0 amide bonds. The monoisotopic (exact) mass is 351 g/mol. The molecule has 1 saturated heterocycles. The molecule has 0 bridgehead atoms. The minimum Gasteiger partial charge on any atom is -0.394 e. The van der Waals surface area contributed by atoms with E-state index < -0.39 is 34.5 Å². The predicted octanol–water partition coefficient (Wildman–Crippen LogP) is -0.221. The Kier molecular flexibility index (Phi) is 4.27. The average molecular weight is 351 g/mol. The fourth-order valence-electron chi connectivity index (χ4n) is 3.04. The minimum absolute atomic E-state index is 0.283. The van der Waals surface area contributed by atoms with Crippen LogP contribution in [-0.4, -0.2) is 41.8 Å². The molecule has 25 heavy (non-hydrogen) atoms. The Morgan fingerprint density at radius 1 is 1.40 bits per heavy atom. The highest BCUT2D eigenvalue weighted by molar-refractivity contribution is 5.18. The molecule has 0 aliphatic carbocycles. The normalized spacial score (nSPS) is 23.1. The Bertz CT molecular complexity index is 929. The standard InChI is InChI=1S/C14H17N5O6/c1-7-4-18(14(22)16-13(7)21)12-3-9(10(6-20)25-12)17-5-11(19(23)24)15-8(17)2/h4-5,9-10,12,20H,3,6H2,1-2H3,(H,16,21,22)/t9?,10-,12-/m1/s1. The van der Waals surface area contributed by atoms with Gasteiger partial charge in [0.25, 0.3) is 5.56 Å². The van der Waals surface area contributed by atoms with E-state index in [4.69, 9.17) is 4.74 Å². The highest BCUT2D eigenvalue weighted by Gasteiger charge is 2.39. The van der Waals surface area contributed by atoms with Crippen LogP contribution in [0.15, 0.2) is 22.0 Å². The number of imidazole rings is 1. The van der Waals surface area contributed by atoms with Gasteiger partial charge in [-0.3, -0.25) is 14.3 Å². The number of nitrogens with one attached hydrogen (secondary N) is 1. The molecule has 0 saturated carbocycles. The van der Waals surface area contributed by atoms with E-state index in [2.05, 4.69) is 9.97 Å². The van der Waals surface area contributed by atoms with E-state index in [1.54, 1.807) is 18.4 Å². The number of hydrogen-bond donors (Lipinski definition) is 2. The van der Waals surface area contributed by atoms with Crippen molar-refractivity contribution in [2.45, 2.75) is 38.6 Å². The molecule has 0 aromatic carbocycles. The Balaban J connectivity index is 1.96. The first-order chi connectivity index (χ1) is 11.8. The number of hydrogen-bond acceptors (Lipinski definition) is 7. The van der Waals surface area contributed by atoms with E-state index in [1.807, 2.05) is 0 Å². The topological polar surface area (TPSA) is 145 Å². The van der Waals surface area contributed by atoms with Crippen molar-refractivity contribution >= 4 is 5.82 Å². The lowest BCUT2D eigenvalue weighted by atomic mass is 10.1. The van der Waals surface area contributed by atoms with E-state index in [1.165, 1.54) is 17.0 Å². The largest absolute Gasteiger partial charge is 0.394 e. The Morgan fingerprint density at radius 3 is 2.72 bits per heavy atom. The third-order valence-electron chi connectivity index (χ3n) is 4.29. The van der Waals surface area contributed by atoms with Gasteiger partial charge in [-0.25, -0.2) is 4.79 Å². The lowest BCUT2D eigenvalue weighted by Crippen LogP contribution is -2.33. The van der Waals surface area contributed by atoms with Crippen LogP contribution in [-0.2, 0) is 4.74 Å². The molecule has 3 rings (SSSR count). The summed E-state index contributed by atoms with van der Waals surface area (Å²) in [5.74, 6) is 0.110. The molecule has 11 heteroatoms. The predicted molar refractivity (Wildman–Crippen MR) is 84.3 cm³/mol. The number of aromatic nitrogens is 4. The number of nitro groups is 1. The molecule has 11 nitrogen and oxygen atoms in total. The molecule has 0 spiro atoms. The summed E-state index contributed by atoms with van der Waals surface area (Å²) in [6.45, 7) is 2.85. The van der Waals surface area contributed by atoms with Gasteiger partial charge in [0, 0.05) is 25.1 Å². The van der Waals surface area contributed by atoms with E-state index >= 15 is 0 Å². The van der Waals surface area contributed by atoms with E-state index in [9.17, 15) is 24.8 Å². The number of nitrogens with zero attached hydrogens (tertiary/aromatic N) is 4. The molecule has 0 radical (unpaired) electrons. The van der Waals surface area contributed by atoms with E-state index in [0.29, 0.717) is 11.4 Å². The fourth-order valence-corrected chi connectivity index (χ4v) is 3.04. The highest BCUT2D eigenvalue weighted by Crippen LogP contribution is 2.37. The van der Waals surface area contributed by atoms with Crippen molar-refractivity contribution in [2.75, 3.05) is 6.61 Å². The molecule has 1 unspecified atom stereocenters. The van der Waals surface area contributed by atoms with Gasteiger partial charge in [0.2, 0.25) is 5.82 Å². The molecule has 1 aliphatic rings. The summed E-state index contributed by atoms with van der Waals surface area (Å²) in [4.78, 5) is 39.9. The van der Waals surface area contributed by atoms with Crippen molar-refractivity contribution in [3.8, 4) is 0 Å². The van der Waals surface area contributed by atoms with Crippen LogP contribution in [0, 0.1) is 24.0 Å². The van der Waals surface area contributed by atoms with Gasteiger partial charge >= 0.3 is 11.5 Å². The summed E-state index contributed by atoms with van der Waals surface area (Å²) in [7, 11) is 0. The van der Waals surface area contributed by atoms with Crippen molar-refractivity contribution in [3.63, 3.8) is 0 Å². The third kappa shape index (κ3) is 2.98. The van der Waals surface area contributed by atoms with E-state index in [0.717, 1.165) is 0 Å². The molecule has 134 valence electrons. The molecular weight excluding hydrogens is 334 g/mol. The van der Waals surface area contributed by atoms with Crippen LogP contribution in [0.25, 0.3) is 0 Å². The summed E-state index contributed by atoms with van der Waals surface area (Å²) in [6.07, 6.45) is 1.58. The summed E-state index contributed by atoms with van der Waals surface area (Å²) in [6, 6.07) is -0.435. The first kappa shape index (κ1) is 17.0. The number of ether oxygens (including phenoxy) is 1. The number of rotatable bonds is 4. The number of H-pyrrole nitrogens is 1. The quantitative estimate of drug-likeness (QED) is 0.572. The average Bonchev–Trinajstić information content (AvgIpc) is 3.14. The SMILES string of the molecule is Cc1cn([C@H]2CC(n3cc([N+](=O)[O-])nc3C)[C@@H](CO)O2)c(=O)[nH]c1=O. The number of aliphatic hydroxyl groups is 1. The Labute approximate surface area is 140 Å². The smallest absolute Gasteiger partial charge is 0.381 e. The van der Waals surface area contributed by atoms with Gasteiger partial charge < -0.3 is 24.5 Å². The minimum atomic E-state index is -0.717. The number of aliphatic hydroxyl groups excluding tert-OH is 1. The van der Waals surface area contributed by atoms with Crippen LogP contribution in [0.2, 0.25) is 0 Å². The van der Waals surface area contributed by atoms with Crippen LogP contribution in [0.5, 0.6) is 0 Å². The van der Waals surface area contributed by atoms with Gasteiger partial charge in [0.05, 0.1) is 12.6 Å². The second-order valence-electron chi connectivity index (χ2n) is 5.90. The zero-order chi connectivity index (χ0) is 18.3. The molecule has 1 fully saturated rings. The molecular formula is C14H17N5O6. The Hall–Kier alpha value is -2.79. The summed E-state index contributed by atoms with van der Waals surface area (Å²) in [5, 5.41) is 20.5. The van der Waals surface area contributed by atoms with Crippen LogP contribution in [0.4, 0.5) is 5.82 Å². The van der Waals surface area contributed by atoms with Crippen molar-refractivity contribution in [1.29, 1.82) is 0 Å². The summed E-state index contributed by atoms with van der Waals surface area (Å²) >= 11 is 0. The second kappa shape index (κ2) is 6.26. The van der Waals surface area contributed by atoms with E-state index in [-0.39, 0.29) is 18.8 Å². The fraction of sp³-hybridized carbons (Fsp3) is 0.500. The van der Waals surface area contributed by atoms with Gasteiger partial charge in [-0.2, -0.15) is 0 Å². The summed E-state index contributed by atoms with van der Waals surface area (Å²) < 4.78 is 8.56. The second-order valence-corrected chi connectivity index (χ2v) is 5.90. The zero-order valence-electron chi connectivity index (χ0n) is 13.6. The van der Waals surface area contributed by atoms with Gasteiger partial charge in [0.15, 0.2) is 0 Å². The van der Waals surface area contributed by atoms with Crippen molar-refractivity contribution in [3.05, 3.63) is 54.7 Å². The molecule has 2 N–H and O–H groups in total. The highest BCUT2D eigenvalue weighted by atomic mass is 16.6. The first-order valence-corrected chi connectivity index (χ1v) is 7.60. The third-order valence-corrected chi connectivity index (χ3v) is 4.29. The van der Waals surface area contributed by atoms with Crippen LogP contribution < -0.4 is 11.2 Å². The van der Waals surface area contributed by atoms with Crippen molar-refractivity contribution < 1.29 is 14.8 Å². The maximum absolute atomic E-state index is 12.0. The van der Waals surface area contributed by atoms with Gasteiger partial charge in [0.1, 0.15) is 18.5 Å². The lowest BCUT2D eigenvalue weighted by molar-refractivity contribution is -0.389. The van der Waals surface area contributed by atoms with Gasteiger partial charge in [-0.1, -0.05) is 0 Å². The summed E-state index contributed by atoms with van der Waals surface area (Å²) in [5.41, 5.74) is -0.747. The first-order valence-electron chi connectivity index (χ1n) is 7.60. The molecule has 3 heterocycles. The van der Waals surface area contributed by atoms with Crippen LogP contribution >= 0.6 is 0 Å². The molecule has 3 atom stereocenters. The molecule has 1 aliphatic heterocycles. The van der Waals surface area contributed by atoms with Crippen LogP contribution in [0.1, 0.15) is 30.1 Å². The maximum atomic E-state index is 12.0. The Morgan fingerprint density at radius 2 is 2.12 bits per heavy atom. The maximum Gasteiger partial charge on any atom is 0.381 e. The van der Waals surface area contributed by atoms with Crippen molar-refractivity contribution in [2.24, 2.45) is 0 Å². The number of aryl methyl sites for hydroxylation is 2. The molecule has 2 aromatic rings. The lowest BCUT2D eigenvalue weighted by Gasteiger charge is -2.16. The van der Waals surface area contributed by atoms with Gasteiger partial charge in [-0.05, 0) is 16.8 Å².